The van der Waals surface area contributed by atoms with Gasteiger partial charge in [0, 0.05) is 6.54 Å². The number of hydrogen-bond donors (Lipinski definition) is 1. The van der Waals surface area contributed by atoms with Crippen LogP contribution in [0.15, 0.2) is 17.0 Å². The fraction of sp³-hybridized carbons (Fsp3) is 0.500. The summed E-state index contributed by atoms with van der Waals surface area (Å²) in [7, 11) is 1.70. The second-order valence-corrected chi connectivity index (χ2v) is 5.16. The number of methoxy groups -OCH3 is 1. The first-order valence-corrected chi connectivity index (χ1v) is 7.52. The fourth-order valence-electron chi connectivity index (χ4n) is 2.30. The highest BCUT2D eigenvalue weighted by atomic mass is 32.1. The van der Waals surface area contributed by atoms with Gasteiger partial charge in [0.05, 0.1) is 19.3 Å². The first kappa shape index (κ1) is 14.1. The van der Waals surface area contributed by atoms with Gasteiger partial charge in [-0.2, -0.15) is 16.4 Å². The minimum absolute atomic E-state index is 0.133. The van der Waals surface area contributed by atoms with Gasteiger partial charge in [0.15, 0.2) is 5.75 Å². The molecule has 1 unspecified atom stereocenters. The predicted molar refractivity (Wildman–Crippen MR) is 79.0 cm³/mol. The Labute approximate surface area is 118 Å². The van der Waals surface area contributed by atoms with E-state index in [1.165, 1.54) is 11.1 Å². The van der Waals surface area contributed by atoms with E-state index in [2.05, 4.69) is 41.9 Å². The number of rotatable bonds is 6. The maximum atomic E-state index is 5.47. The van der Waals surface area contributed by atoms with Gasteiger partial charge in [0.2, 0.25) is 0 Å². The van der Waals surface area contributed by atoms with E-state index in [1.54, 1.807) is 24.6 Å². The number of aryl methyl sites for hydroxylation is 2. The summed E-state index contributed by atoms with van der Waals surface area (Å²) in [5.41, 5.74) is 3.72. The molecule has 2 rings (SSSR count). The quantitative estimate of drug-likeness (QED) is 0.883. The SMILES string of the molecule is CCNC(c1cscc1C)c1c(OC)cnn1CC. The molecule has 0 bridgehead atoms. The standard InChI is InChI=1S/C14H21N3OS/c1-5-15-13(11-9-19-8-10(11)3)14-12(18-4)7-16-17(14)6-2/h7-9,13,15H,5-6H2,1-4H3. The number of nitrogens with zero attached hydrogens (tertiary/aromatic N) is 2. The van der Waals surface area contributed by atoms with Crippen molar-refractivity contribution < 1.29 is 4.74 Å². The van der Waals surface area contributed by atoms with Crippen molar-refractivity contribution in [3.63, 3.8) is 0 Å². The lowest BCUT2D eigenvalue weighted by molar-refractivity contribution is 0.399. The Hall–Kier alpha value is -1.33. The lowest BCUT2D eigenvalue weighted by Gasteiger charge is -2.20. The maximum Gasteiger partial charge on any atom is 0.161 e. The Morgan fingerprint density at radius 3 is 2.74 bits per heavy atom. The monoisotopic (exact) mass is 279 g/mol. The highest BCUT2D eigenvalue weighted by Crippen LogP contribution is 2.33. The second kappa shape index (κ2) is 6.21. The van der Waals surface area contributed by atoms with Gasteiger partial charge in [-0.3, -0.25) is 4.68 Å². The van der Waals surface area contributed by atoms with Crippen LogP contribution in [0.1, 0.15) is 36.7 Å². The van der Waals surface area contributed by atoms with Gasteiger partial charge in [0.1, 0.15) is 5.69 Å². The van der Waals surface area contributed by atoms with Gasteiger partial charge in [0.25, 0.3) is 0 Å². The Kier molecular flexibility index (Phi) is 4.61. The topological polar surface area (TPSA) is 39.1 Å². The zero-order chi connectivity index (χ0) is 13.8. The van der Waals surface area contributed by atoms with E-state index in [9.17, 15) is 0 Å². The van der Waals surface area contributed by atoms with Crippen LogP contribution in [0, 0.1) is 6.92 Å². The van der Waals surface area contributed by atoms with Crippen LogP contribution in [0.3, 0.4) is 0 Å². The summed E-state index contributed by atoms with van der Waals surface area (Å²) in [5, 5.41) is 12.3. The van der Waals surface area contributed by atoms with Crippen molar-refractivity contribution in [2.24, 2.45) is 0 Å². The highest BCUT2D eigenvalue weighted by Gasteiger charge is 2.24. The molecule has 0 saturated heterocycles. The molecule has 0 saturated carbocycles. The molecule has 0 aliphatic rings. The summed E-state index contributed by atoms with van der Waals surface area (Å²) in [5.74, 6) is 0.846. The third kappa shape index (κ3) is 2.67. The number of thiophene rings is 1. The van der Waals surface area contributed by atoms with E-state index in [-0.39, 0.29) is 6.04 Å². The zero-order valence-corrected chi connectivity index (χ0v) is 12.8. The third-order valence-corrected chi connectivity index (χ3v) is 4.13. The third-order valence-electron chi connectivity index (χ3n) is 3.25. The van der Waals surface area contributed by atoms with Crippen LogP contribution >= 0.6 is 11.3 Å². The summed E-state index contributed by atoms with van der Waals surface area (Å²) in [4.78, 5) is 0. The van der Waals surface area contributed by atoms with Crippen molar-refractivity contribution in [1.29, 1.82) is 0 Å². The first-order valence-electron chi connectivity index (χ1n) is 6.58. The van der Waals surface area contributed by atoms with E-state index < -0.39 is 0 Å². The molecule has 104 valence electrons. The van der Waals surface area contributed by atoms with Crippen LogP contribution in [-0.4, -0.2) is 23.4 Å². The number of ether oxygens (including phenoxy) is 1. The number of hydrogen-bond acceptors (Lipinski definition) is 4. The second-order valence-electron chi connectivity index (χ2n) is 4.41. The van der Waals surface area contributed by atoms with Crippen LogP contribution in [0.2, 0.25) is 0 Å². The molecule has 2 aromatic heterocycles. The first-order chi connectivity index (χ1) is 9.22. The molecule has 0 amide bonds. The molecule has 19 heavy (non-hydrogen) atoms. The Morgan fingerprint density at radius 2 is 2.21 bits per heavy atom. The van der Waals surface area contributed by atoms with E-state index in [4.69, 9.17) is 4.74 Å². The van der Waals surface area contributed by atoms with E-state index in [0.29, 0.717) is 0 Å². The molecule has 1 N–H and O–H groups in total. The molecule has 4 nitrogen and oxygen atoms in total. The Morgan fingerprint density at radius 1 is 1.42 bits per heavy atom. The zero-order valence-electron chi connectivity index (χ0n) is 11.9. The highest BCUT2D eigenvalue weighted by molar-refractivity contribution is 7.08. The number of nitrogens with one attached hydrogen (secondary N) is 1. The maximum absolute atomic E-state index is 5.47. The van der Waals surface area contributed by atoms with Gasteiger partial charge >= 0.3 is 0 Å². The molecular formula is C14H21N3OS. The summed E-state index contributed by atoms with van der Waals surface area (Å²) < 4.78 is 7.48. The van der Waals surface area contributed by atoms with Gasteiger partial charge in [-0.25, -0.2) is 0 Å². The molecule has 5 heteroatoms. The lowest BCUT2D eigenvalue weighted by atomic mass is 10.0. The minimum atomic E-state index is 0.133. The van der Waals surface area contributed by atoms with Gasteiger partial charge in [-0.1, -0.05) is 6.92 Å². The Bertz CT molecular complexity index is 511. The largest absolute Gasteiger partial charge is 0.493 e. The van der Waals surface area contributed by atoms with Crippen molar-refractivity contribution in [2.75, 3.05) is 13.7 Å². The predicted octanol–water partition coefficient (Wildman–Crippen LogP) is 2.98. The minimum Gasteiger partial charge on any atom is -0.493 e. The summed E-state index contributed by atoms with van der Waals surface area (Å²) in [6.45, 7) is 8.10. The molecule has 2 heterocycles. The van der Waals surface area contributed by atoms with Crippen LogP contribution in [0.4, 0.5) is 0 Å². The van der Waals surface area contributed by atoms with Gasteiger partial charge in [-0.15, -0.1) is 0 Å². The van der Waals surface area contributed by atoms with Crippen molar-refractivity contribution in [3.05, 3.63) is 33.8 Å². The van der Waals surface area contributed by atoms with Gasteiger partial charge < -0.3 is 10.1 Å². The van der Waals surface area contributed by atoms with Crippen LogP contribution in [0.25, 0.3) is 0 Å². The summed E-state index contributed by atoms with van der Waals surface area (Å²) >= 11 is 1.73. The molecule has 0 aliphatic heterocycles. The van der Waals surface area contributed by atoms with Crippen molar-refractivity contribution >= 4 is 11.3 Å². The summed E-state index contributed by atoms with van der Waals surface area (Å²) in [6, 6.07) is 0.133. The molecule has 0 radical (unpaired) electrons. The van der Waals surface area contributed by atoms with E-state index in [0.717, 1.165) is 24.5 Å². The Balaban J connectivity index is 2.50. The number of aromatic nitrogens is 2. The molecular weight excluding hydrogens is 258 g/mol. The summed E-state index contributed by atoms with van der Waals surface area (Å²) in [6.07, 6.45) is 1.80. The van der Waals surface area contributed by atoms with Crippen LogP contribution in [0.5, 0.6) is 5.75 Å². The fourth-order valence-corrected chi connectivity index (χ4v) is 3.18. The van der Waals surface area contributed by atoms with Crippen LogP contribution in [-0.2, 0) is 6.54 Å². The average Bonchev–Trinajstić information content (AvgIpc) is 3.01. The van der Waals surface area contributed by atoms with Crippen molar-refractivity contribution in [2.45, 2.75) is 33.4 Å². The van der Waals surface area contributed by atoms with Crippen LogP contribution < -0.4 is 10.1 Å². The molecule has 0 fully saturated rings. The normalized spacial score (nSPS) is 12.6. The average molecular weight is 279 g/mol. The van der Waals surface area contributed by atoms with Crippen molar-refractivity contribution in [3.8, 4) is 5.75 Å². The van der Waals surface area contributed by atoms with E-state index >= 15 is 0 Å². The van der Waals surface area contributed by atoms with Gasteiger partial charge in [-0.05, 0) is 42.3 Å². The molecule has 0 spiro atoms. The molecule has 0 aliphatic carbocycles. The van der Waals surface area contributed by atoms with E-state index in [1.807, 2.05) is 4.68 Å². The van der Waals surface area contributed by atoms with Crippen molar-refractivity contribution in [1.82, 2.24) is 15.1 Å². The molecule has 2 aromatic rings. The molecule has 1 atom stereocenters. The molecule has 0 aromatic carbocycles. The smallest absolute Gasteiger partial charge is 0.161 e. The lowest BCUT2D eigenvalue weighted by Crippen LogP contribution is -2.25.